The Hall–Kier alpha value is -7.00. The minimum Gasteiger partial charge on any atom is -0.862 e. The third-order valence-electron chi connectivity index (χ3n) is 20.6. The Morgan fingerprint density at radius 2 is 1.45 bits per heavy atom. The monoisotopic (exact) mass is 1350 g/mol. The Morgan fingerprint density at radius 1 is 0.871 bits per heavy atom. The minimum absolute atomic E-state index is 0. The van der Waals surface area contributed by atoms with E-state index >= 15 is 0 Å². The molecule has 28 nitrogen and oxygen atoms in total. The number of phosphoric acid groups is 1. The molecule has 8 bridgehead atoms. The van der Waals surface area contributed by atoms with Crippen LogP contribution in [0, 0.1) is 87.2 Å². The average Bonchev–Trinajstić information content (AvgIpc) is 1.53. The topological polar surface area (TPSA) is 497 Å². The third-order valence-corrected chi connectivity index (χ3v) is 21.7. The molecule has 1 aromatic carbocycles. The van der Waals surface area contributed by atoms with Crippen molar-refractivity contribution in [2.24, 2.45) is 77.5 Å². The largest absolute Gasteiger partial charge is 2.00 e. The number of fused-ring (bicyclic) bond motifs is 7. The molecule has 6 aliphatic heterocycles. The van der Waals surface area contributed by atoms with Crippen LogP contribution in [0.1, 0.15) is 150 Å². The van der Waals surface area contributed by atoms with E-state index in [4.69, 9.17) is 74.0 Å². The predicted molar refractivity (Wildman–Crippen MR) is 333 cm³/mol. The SMILES string of the molecule is C/C1=C2N=C(/C=C3\N/C(=C(/C)C4=N[C@@](C)([C@@H]5N=C1[C@](C)(CCC(=O)NC[C@@H](C)OP(=O)(O)O[C@H]1[C@@H](O)[C@@H]([n+]6c[nH]c7cc(C)c(C)cc76)O[C@@H]1CO)[C@H]5CC(N)=O)[C@@](C)(CC(N)=O)[C@@H]4CCC(=N)[O-])[C@@](C)(CC(N)=O)[C@@H]3CCC(=N)[O-])C(C)(C)[C@@H]/2CCC(=N)[O-].[C]#N.[Co+2]. The summed E-state index contributed by atoms with van der Waals surface area (Å²) in [6.45, 7) is 23.8. The van der Waals surface area contributed by atoms with Gasteiger partial charge in [-0.3, -0.25) is 43.2 Å². The number of phosphoric ester groups is 1. The van der Waals surface area contributed by atoms with E-state index in [1.807, 2.05) is 59.8 Å². The number of rotatable bonds is 26. The quantitative estimate of drug-likeness (QED) is 0.0278. The first-order valence-electron chi connectivity index (χ1n) is 30.7. The van der Waals surface area contributed by atoms with Gasteiger partial charge in [-0.1, -0.05) is 34.6 Å². The maximum atomic E-state index is 14.4. The van der Waals surface area contributed by atoms with Gasteiger partial charge in [-0.05, 0) is 145 Å². The first kappa shape index (κ1) is 75.0. The van der Waals surface area contributed by atoms with Gasteiger partial charge in [0.05, 0.1) is 24.3 Å². The number of aliphatic hydroxyl groups is 2. The number of aliphatic imine (C=N–C) groups is 3. The Kier molecular flexibility index (Phi) is 23.0. The van der Waals surface area contributed by atoms with Gasteiger partial charge < -0.3 is 79.2 Å². The van der Waals surface area contributed by atoms with Crippen molar-refractivity contribution in [1.29, 1.82) is 21.5 Å². The second-order valence-electron chi connectivity index (χ2n) is 27.0. The Labute approximate surface area is 551 Å². The van der Waals surface area contributed by atoms with Crippen LogP contribution in [0.5, 0.6) is 0 Å². The van der Waals surface area contributed by atoms with Crippen LogP contribution in [-0.4, -0.2) is 128 Å². The van der Waals surface area contributed by atoms with E-state index in [0.29, 0.717) is 50.9 Å². The fraction of sp³-hybridized carbons (Fsp3) is 0.619. The van der Waals surface area contributed by atoms with Crippen molar-refractivity contribution in [2.75, 3.05) is 13.2 Å². The number of hydrogen-bond donors (Lipinski definition) is 12. The van der Waals surface area contributed by atoms with Crippen LogP contribution in [0.15, 0.2) is 67.8 Å². The number of allylic oxidation sites excluding steroid dienone is 6. The van der Waals surface area contributed by atoms with E-state index in [1.54, 1.807) is 38.6 Å². The first-order valence-corrected chi connectivity index (χ1v) is 32.2. The number of ether oxygens (including phenoxy) is 1. The van der Waals surface area contributed by atoms with E-state index in [-0.39, 0.29) is 94.0 Å². The van der Waals surface area contributed by atoms with Crippen molar-refractivity contribution >= 4 is 77.3 Å². The van der Waals surface area contributed by atoms with Crippen LogP contribution < -0.4 is 47.7 Å². The van der Waals surface area contributed by atoms with Crippen molar-refractivity contribution in [2.45, 2.75) is 189 Å². The van der Waals surface area contributed by atoms with Crippen molar-refractivity contribution in [3.05, 3.63) is 70.5 Å². The summed E-state index contributed by atoms with van der Waals surface area (Å²) in [7, 11) is -5.07. The molecule has 2 saturated heterocycles. The van der Waals surface area contributed by atoms with Crippen molar-refractivity contribution in [3.8, 4) is 0 Å². The van der Waals surface area contributed by atoms with E-state index < -0.39 is 143 Å². The summed E-state index contributed by atoms with van der Waals surface area (Å²) in [5.41, 5.74) is 19.4. The van der Waals surface area contributed by atoms with E-state index in [1.165, 1.54) is 6.92 Å². The number of carbonyl (C=O) groups excluding carboxylic acids is 4. The molecule has 1 unspecified atom stereocenters. The Bertz CT molecular complexity index is 3600. The van der Waals surface area contributed by atoms with Crippen LogP contribution in [0.3, 0.4) is 0 Å². The molecule has 0 saturated carbocycles. The summed E-state index contributed by atoms with van der Waals surface area (Å²) in [4.78, 5) is 86.0. The standard InChI is InChI=1S/C62H90N13O14P.CN.Co/c1-29-20-39-40(21-30(29)2)75(28-70-39)57-52(84)53(41(27-76)87-57)89-90(85,86)88-31(3)26-69-49(83)18-19-59(8)37(22-46(66)80)56-62(11)61(10,25-48(68)82)36(14-17-45(65)79)51(74-62)33(5)55-60(9,24-47(67)81)34(12-15-43(63)77)38(71-55)23-42-58(6,7)35(13-16-44(64)78)50(72-42)32(4)54(59)73-56;1-2;/h20-21,23,28,31,34-37,41,52-53,56-57,76,84H,12-19,22,24-27H2,1-11H3,(H15,63,64,65,66,67,68,69,71,72,73,74,77,78,79,80,81,82,83,85,86);;/q;;+2/p-2/t31-,34-,35-,36-,37+,41-,52-,53-,56-,57+,59-,60+,61+,62+;;/m1../s1. The zero-order valence-electron chi connectivity index (χ0n) is 54.4. The summed E-state index contributed by atoms with van der Waals surface area (Å²) in [6.07, 6.45) is -4.86. The molecule has 4 amide bonds. The zero-order valence-corrected chi connectivity index (χ0v) is 56.3. The fourth-order valence-corrected chi connectivity index (χ4v) is 16.6. The number of aromatic nitrogens is 2. The molecule has 2 fully saturated rings. The molecule has 7 heterocycles. The molecule has 15 N–H and O–H groups in total. The summed E-state index contributed by atoms with van der Waals surface area (Å²) in [6, 6.07) is 2.74. The van der Waals surface area contributed by atoms with E-state index in [2.05, 4.69) is 15.6 Å². The molecule has 0 spiro atoms. The molecule has 1 aromatic heterocycles. The number of hydrogen-bond acceptors (Lipinski definition) is 21. The number of H-pyrrole nitrogens is 1. The summed E-state index contributed by atoms with van der Waals surface area (Å²) in [5.74, 6) is -8.24. The zero-order chi connectivity index (χ0) is 68.7. The maximum Gasteiger partial charge on any atom is 2.00 e. The van der Waals surface area contributed by atoms with Gasteiger partial charge in [-0.15, -0.1) is 0 Å². The smallest absolute Gasteiger partial charge is 0.862 e. The number of amides is 4. The maximum absolute atomic E-state index is 14.4. The predicted octanol–water partition coefficient (Wildman–Crippen LogP) is 2.23. The summed E-state index contributed by atoms with van der Waals surface area (Å²) >= 11 is 0. The van der Waals surface area contributed by atoms with Gasteiger partial charge in [-0.25, -0.2) is 9.55 Å². The van der Waals surface area contributed by atoms with E-state index in [0.717, 1.165) is 16.6 Å². The molecular formula is C63H88CoN14O14P. The van der Waals surface area contributed by atoms with Gasteiger partial charge in [0, 0.05) is 112 Å². The number of primary amides is 3. The van der Waals surface area contributed by atoms with Gasteiger partial charge in [0.25, 0.3) is 0 Å². The van der Waals surface area contributed by atoms with E-state index in [9.17, 15) is 54.2 Å². The number of nitrogens with one attached hydrogen (secondary N) is 6. The van der Waals surface area contributed by atoms with Gasteiger partial charge in [0.2, 0.25) is 36.2 Å². The molecule has 2 radical (unpaired) electrons. The number of carbonyl (C=O) groups is 4. The molecule has 30 heteroatoms. The third kappa shape index (κ3) is 14.6. The van der Waals surface area contributed by atoms with Crippen LogP contribution in [0.2, 0.25) is 0 Å². The van der Waals surface area contributed by atoms with Crippen molar-refractivity contribution in [3.63, 3.8) is 0 Å². The first-order chi connectivity index (χ1) is 42.8. The number of aliphatic hydroxyl groups excluding tert-OH is 2. The molecule has 8 rings (SSSR count). The summed E-state index contributed by atoms with van der Waals surface area (Å²) in [5, 5.41) is 96.4. The second kappa shape index (κ2) is 28.5. The number of aryl methyl sites for hydroxylation is 2. The van der Waals surface area contributed by atoms with Gasteiger partial charge in [0.1, 0.15) is 18.3 Å². The molecule has 0 aliphatic carbocycles. The van der Waals surface area contributed by atoms with Gasteiger partial charge in [-0.2, -0.15) is 9.83 Å². The van der Waals surface area contributed by atoms with Crippen LogP contribution >= 0.6 is 7.82 Å². The Balaban J connectivity index is 0.00000453. The van der Waals surface area contributed by atoms with Crippen LogP contribution in [0.25, 0.3) is 11.0 Å². The number of imidazole rings is 1. The number of nitrogens with two attached hydrogens (primary N) is 3. The molecule has 15 atom stereocenters. The second-order valence-corrected chi connectivity index (χ2v) is 28.4. The fourth-order valence-electron chi connectivity index (χ4n) is 15.5. The molecule has 93 heavy (non-hydrogen) atoms. The number of benzene rings is 1. The molecule has 6 aliphatic rings. The normalized spacial score (nSPS) is 33.1. The summed E-state index contributed by atoms with van der Waals surface area (Å²) < 4.78 is 32.3. The Morgan fingerprint density at radius 3 is 2.02 bits per heavy atom. The molecule has 2 aromatic rings. The van der Waals surface area contributed by atoms with Crippen LogP contribution in [-0.2, 0) is 54.3 Å². The molecule has 508 valence electrons. The van der Waals surface area contributed by atoms with Gasteiger partial charge in [0.15, 0.2) is 17.6 Å². The number of aromatic amines is 1. The number of nitrogens with zero attached hydrogens (tertiary/aromatic N) is 5. The average molecular weight is 1360 g/mol. The van der Waals surface area contributed by atoms with Crippen molar-refractivity contribution < 1.29 is 89.3 Å². The van der Waals surface area contributed by atoms with Crippen molar-refractivity contribution in [1.82, 2.24) is 15.6 Å². The van der Waals surface area contributed by atoms with Gasteiger partial charge >= 0.3 is 24.6 Å². The van der Waals surface area contributed by atoms with Crippen LogP contribution in [0.4, 0.5) is 0 Å². The molecular weight excluding hydrogens is 1270 g/mol. The minimum atomic E-state index is -5.07.